The van der Waals surface area contributed by atoms with E-state index in [4.69, 9.17) is 5.73 Å². The lowest BCUT2D eigenvalue weighted by Crippen LogP contribution is -2.47. The Kier molecular flexibility index (Phi) is 4.93. The number of thiazole rings is 1. The number of carbonyl (C=O) groups excluding carboxylic acids is 1. The number of aromatic nitrogens is 1. The molecule has 1 fully saturated rings. The van der Waals surface area contributed by atoms with E-state index in [1.807, 2.05) is 6.92 Å². The molecular formula is C14H23N3OS. The first-order valence-corrected chi connectivity index (χ1v) is 7.94. The summed E-state index contributed by atoms with van der Waals surface area (Å²) >= 11 is 1.65. The molecule has 4 nitrogen and oxygen atoms in total. The maximum atomic E-state index is 12.3. The van der Waals surface area contributed by atoms with Gasteiger partial charge in [-0.1, -0.05) is 19.3 Å². The summed E-state index contributed by atoms with van der Waals surface area (Å²) in [6.07, 6.45) is 6.14. The molecule has 1 saturated carbocycles. The van der Waals surface area contributed by atoms with Crippen LogP contribution in [0, 0.1) is 12.3 Å². The molecule has 2 rings (SSSR count). The zero-order valence-corrected chi connectivity index (χ0v) is 12.4. The highest BCUT2D eigenvalue weighted by atomic mass is 32.1. The fourth-order valence-electron chi connectivity index (χ4n) is 2.77. The zero-order valence-electron chi connectivity index (χ0n) is 11.6. The summed E-state index contributed by atoms with van der Waals surface area (Å²) in [7, 11) is 0. The number of nitrogens with one attached hydrogen (secondary N) is 1. The molecular weight excluding hydrogens is 258 g/mol. The summed E-state index contributed by atoms with van der Waals surface area (Å²) in [5.74, 6) is 0.140. The first-order valence-electron chi connectivity index (χ1n) is 7.06. The number of aryl methyl sites for hydroxylation is 1. The number of amides is 1. The van der Waals surface area contributed by atoms with Gasteiger partial charge in [0.2, 0.25) is 5.91 Å². The smallest absolute Gasteiger partial charge is 0.227 e. The Bertz CT molecular complexity index is 424. The molecule has 3 N–H and O–H groups in total. The van der Waals surface area contributed by atoms with Gasteiger partial charge in [0.25, 0.3) is 0 Å². The number of hydrogen-bond donors (Lipinski definition) is 2. The normalized spacial score (nSPS) is 18.2. The van der Waals surface area contributed by atoms with Gasteiger partial charge in [0.15, 0.2) is 0 Å². The Morgan fingerprint density at radius 3 is 2.79 bits per heavy atom. The standard InChI is InChI=1S/C14H23N3OS/c1-11-17-12(9-19-11)5-8-16-13(18)14(10-15)6-3-2-4-7-14/h9H,2-8,10,15H2,1H3,(H,16,18). The third kappa shape index (κ3) is 3.54. The average molecular weight is 281 g/mol. The molecule has 19 heavy (non-hydrogen) atoms. The first kappa shape index (κ1) is 14.5. The molecule has 0 atom stereocenters. The summed E-state index contributed by atoms with van der Waals surface area (Å²) in [4.78, 5) is 16.7. The highest BCUT2D eigenvalue weighted by Gasteiger charge is 2.37. The summed E-state index contributed by atoms with van der Waals surface area (Å²) in [6.45, 7) is 3.12. The molecule has 1 aromatic heterocycles. The van der Waals surface area contributed by atoms with Gasteiger partial charge < -0.3 is 11.1 Å². The van der Waals surface area contributed by atoms with E-state index in [1.165, 1.54) is 6.42 Å². The van der Waals surface area contributed by atoms with Crippen molar-refractivity contribution in [1.29, 1.82) is 0 Å². The van der Waals surface area contributed by atoms with Gasteiger partial charge in [-0.05, 0) is 19.8 Å². The van der Waals surface area contributed by atoms with Gasteiger partial charge in [-0.25, -0.2) is 4.98 Å². The molecule has 1 aliphatic carbocycles. The van der Waals surface area contributed by atoms with Crippen molar-refractivity contribution in [2.45, 2.75) is 45.4 Å². The van der Waals surface area contributed by atoms with E-state index < -0.39 is 0 Å². The highest BCUT2D eigenvalue weighted by Crippen LogP contribution is 2.35. The van der Waals surface area contributed by atoms with E-state index >= 15 is 0 Å². The van der Waals surface area contributed by atoms with Crippen molar-refractivity contribution in [3.63, 3.8) is 0 Å². The SMILES string of the molecule is Cc1nc(CCNC(=O)C2(CN)CCCCC2)cs1. The fraction of sp³-hybridized carbons (Fsp3) is 0.714. The molecule has 1 aliphatic rings. The zero-order chi connectivity index (χ0) is 13.7. The summed E-state index contributed by atoms with van der Waals surface area (Å²) in [6, 6.07) is 0. The topological polar surface area (TPSA) is 68.0 Å². The molecule has 0 saturated heterocycles. The lowest BCUT2D eigenvalue weighted by atomic mass is 9.73. The number of nitrogens with two attached hydrogens (primary N) is 1. The van der Waals surface area contributed by atoms with E-state index in [2.05, 4.69) is 15.7 Å². The lowest BCUT2D eigenvalue weighted by Gasteiger charge is -2.34. The second kappa shape index (κ2) is 6.48. The van der Waals surface area contributed by atoms with Gasteiger partial charge in [-0.15, -0.1) is 11.3 Å². The summed E-state index contributed by atoms with van der Waals surface area (Å²) < 4.78 is 0. The van der Waals surface area contributed by atoms with Crippen molar-refractivity contribution >= 4 is 17.2 Å². The highest BCUT2D eigenvalue weighted by molar-refractivity contribution is 7.09. The van der Waals surface area contributed by atoms with E-state index in [0.717, 1.165) is 42.8 Å². The molecule has 5 heteroatoms. The van der Waals surface area contributed by atoms with Crippen LogP contribution in [0.1, 0.15) is 42.8 Å². The number of carbonyl (C=O) groups is 1. The minimum absolute atomic E-state index is 0.140. The molecule has 0 spiro atoms. The third-order valence-electron chi connectivity index (χ3n) is 4.02. The molecule has 1 amide bonds. The van der Waals surface area contributed by atoms with Crippen LogP contribution in [0.5, 0.6) is 0 Å². The van der Waals surface area contributed by atoms with Crippen molar-refractivity contribution in [3.05, 3.63) is 16.1 Å². The molecule has 0 aromatic carbocycles. The summed E-state index contributed by atoms with van der Waals surface area (Å²) in [5.41, 5.74) is 6.61. The lowest BCUT2D eigenvalue weighted by molar-refractivity contribution is -0.132. The molecule has 0 bridgehead atoms. The van der Waals surface area contributed by atoms with Gasteiger partial charge in [0.1, 0.15) is 0 Å². The summed E-state index contributed by atoms with van der Waals surface area (Å²) in [5, 5.41) is 6.18. The van der Waals surface area contributed by atoms with E-state index in [1.54, 1.807) is 11.3 Å². The Labute approximate surface area is 118 Å². The average Bonchev–Trinajstić information content (AvgIpc) is 2.85. The quantitative estimate of drug-likeness (QED) is 0.867. The molecule has 0 aliphatic heterocycles. The molecule has 0 radical (unpaired) electrons. The van der Waals surface area contributed by atoms with Crippen LogP contribution < -0.4 is 11.1 Å². The van der Waals surface area contributed by atoms with Gasteiger partial charge in [0.05, 0.1) is 16.1 Å². The van der Waals surface area contributed by atoms with Crippen LogP contribution in [-0.2, 0) is 11.2 Å². The van der Waals surface area contributed by atoms with Crippen LogP contribution in [0.3, 0.4) is 0 Å². The van der Waals surface area contributed by atoms with Crippen LogP contribution in [-0.4, -0.2) is 24.0 Å². The van der Waals surface area contributed by atoms with E-state index in [-0.39, 0.29) is 11.3 Å². The van der Waals surface area contributed by atoms with Gasteiger partial charge in [-0.2, -0.15) is 0 Å². The number of nitrogens with zero attached hydrogens (tertiary/aromatic N) is 1. The van der Waals surface area contributed by atoms with Crippen LogP contribution in [0.15, 0.2) is 5.38 Å². The van der Waals surface area contributed by atoms with Crippen molar-refractivity contribution in [1.82, 2.24) is 10.3 Å². The molecule has 0 unspecified atom stereocenters. The van der Waals surface area contributed by atoms with Crippen molar-refractivity contribution in [2.75, 3.05) is 13.1 Å². The van der Waals surface area contributed by atoms with Gasteiger partial charge >= 0.3 is 0 Å². The third-order valence-corrected chi connectivity index (χ3v) is 4.84. The van der Waals surface area contributed by atoms with E-state index in [9.17, 15) is 4.79 Å². The van der Waals surface area contributed by atoms with Crippen LogP contribution in [0.2, 0.25) is 0 Å². The fourth-order valence-corrected chi connectivity index (χ4v) is 3.41. The van der Waals surface area contributed by atoms with Crippen molar-refractivity contribution in [3.8, 4) is 0 Å². The number of hydrogen-bond acceptors (Lipinski definition) is 4. The van der Waals surface area contributed by atoms with Crippen molar-refractivity contribution < 1.29 is 4.79 Å². The number of rotatable bonds is 5. The predicted octanol–water partition coefficient (Wildman–Crippen LogP) is 2.02. The second-order valence-corrected chi connectivity index (χ2v) is 6.47. The second-order valence-electron chi connectivity index (χ2n) is 5.41. The Balaban J connectivity index is 1.82. The minimum atomic E-state index is -0.309. The predicted molar refractivity (Wildman–Crippen MR) is 78.1 cm³/mol. The Hall–Kier alpha value is -0.940. The monoisotopic (exact) mass is 281 g/mol. The van der Waals surface area contributed by atoms with Crippen LogP contribution >= 0.6 is 11.3 Å². The van der Waals surface area contributed by atoms with Crippen molar-refractivity contribution in [2.24, 2.45) is 11.1 Å². The maximum absolute atomic E-state index is 12.3. The molecule has 1 aromatic rings. The minimum Gasteiger partial charge on any atom is -0.355 e. The first-order chi connectivity index (χ1) is 9.16. The molecule has 106 valence electrons. The molecule has 1 heterocycles. The van der Waals surface area contributed by atoms with Gasteiger partial charge in [-0.3, -0.25) is 4.79 Å². The van der Waals surface area contributed by atoms with Crippen LogP contribution in [0.4, 0.5) is 0 Å². The Morgan fingerprint density at radius 2 is 2.21 bits per heavy atom. The maximum Gasteiger partial charge on any atom is 0.227 e. The Morgan fingerprint density at radius 1 is 1.47 bits per heavy atom. The van der Waals surface area contributed by atoms with Crippen LogP contribution in [0.25, 0.3) is 0 Å². The van der Waals surface area contributed by atoms with Gasteiger partial charge in [0, 0.05) is 24.9 Å². The largest absolute Gasteiger partial charge is 0.355 e. The van der Waals surface area contributed by atoms with E-state index in [0.29, 0.717) is 13.1 Å².